The minimum absolute atomic E-state index is 0.177. The highest BCUT2D eigenvalue weighted by atomic mass is 19.1. The molecule has 2 aromatic heterocycles. The fourth-order valence-electron chi connectivity index (χ4n) is 4.58. The van der Waals surface area contributed by atoms with Crippen LogP contribution in [-0.4, -0.2) is 50.1 Å². The van der Waals surface area contributed by atoms with E-state index in [1.165, 1.54) is 11.1 Å². The van der Waals surface area contributed by atoms with E-state index in [1.54, 1.807) is 12.3 Å². The molecule has 0 aliphatic carbocycles. The summed E-state index contributed by atoms with van der Waals surface area (Å²) in [7, 11) is 0. The van der Waals surface area contributed by atoms with Crippen molar-refractivity contribution in [3.8, 4) is 17.3 Å². The quantitative estimate of drug-likeness (QED) is 0.510. The Morgan fingerprint density at radius 2 is 2.14 bits per heavy atom. The maximum absolute atomic E-state index is 14.6. The number of hydrogen-bond acceptors (Lipinski definition) is 7. The van der Waals surface area contributed by atoms with Crippen LogP contribution in [0.1, 0.15) is 41.4 Å². The Kier molecular flexibility index (Phi) is 6.28. The molecule has 0 spiro atoms. The van der Waals surface area contributed by atoms with Gasteiger partial charge in [0.15, 0.2) is 5.82 Å². The van der Waals surface area contributed by atoms with E-state index in [0.717, 1.165) is 43.0 Å². The molecule has 36 heavy (non-hydrogen) atoms. The summed E-state index contributed by atoms with van der Waals surface area (Å²) in [6, 6.07) is 4.92. The van der Waals surface area contributed by atoms with E-state index in [2.05, 4.69) is 30.8 Å². The van der Waals surface area contributed by atoms with Crippen LogP contribution in [0, 0.1) is 29.9 Å². The van der Waals surface area contributed by atoms with Crippen LogP contribution in [0.15, 0.2) is 29.5 Å². The molecule has 2 N–H and O–H groups in total. The lowest BCUT2D eigenvalue weighted by Gasteiger charge is -2.22. The maximum atomic E-state index is 14.6. The van der Waals surface area contributed by atoms with E-state index in [0.29, 0.717) is 17.5 Å². The minimum Gasteiger partial charge on any atom is -0.352 e. The molecule has 5 rings (SSSR count). The fraction of sp³-hybridized carbons (Fsp3) is 0.333. The van der Waals surface area contributed by atoms with Crippen LogP contribution >= 0.6 is 0 Å². The largest absolute Gasteiger partial charge is 0.352 e. The second-order valence-corrected chi connectivity index (χ2v) is 8.56. The number of fused-ring (bicyclic) bond motifs is 1. The van der Waals surface area contributed by atoms with Gasteiger partial charge < -0.3 is 10.6 Å². The van der Waals surface area contributed by atoms with Crippen molar-refractivity contribution >= 4 is 18.2 Å². The maximum Gasteiger partial charge on any atom is 0.338 e. The molecule has 2 aliphatic rings. The molecule has 0 saturated heterocycles. The molecule has 184 valence electrons. The van der Waals surface area contributed by atoms with E-state index in [1.807, 2.05) is 17.7 Å². The molecule has 2 aliphatic heterocycles. The third-order valence-electron chi connectivity index (χ3n) is 6.15. The van der Waals surface area contributed by atoms with Crippen LogP contribution in [-0.2, 0) is 13.0 Å². The molecule has 2 amide bonds. The summed E-state index contributed by atoms with van der Waals surface area (Å²) in [5.74, 6) is -0.830. The third-order valence-corrected chi connectivity index (χ3v) is 6.15. The SMILES string of the molecule is Cc1nn2c(c1-c1nc(NCCNC(=O)N3N=CC[C@H]3c3cc(F)cc(C#N)c3)ncc1F)CCC2. The zero-order chi connectivity index (χ0) is 25.2. The lowest BCUT2D eigenvalue weighted by Crippen LogP contribution is -2.39. The molecule has 0 unspecified atom stereocenters. The van der Waals surface area contributed by atoms with Gasteiger partial charge >= 0.3 is 6.03 Å². The van der Waals surface area contributed by atoms with Crippen molar-refractivity contribution in [3.63, 3.8) is 0 Å². The second kappa shape index (κ2) is 9.69. The molecule has 10 nitrogen and oxygen atoms in total. The summed E-state index contributed by atoms with van der Waals surface area (Å²) >= 11 is 0. The van der Waals surface area contributed by atoms with Gasteiger partial charge in [-0.1, -0.05) is 0 Å². The number of nitrogens with zero attached hydrogens (tertiary/aromatic N) is 7. The fourth-order valence-corrected chi connectivity index (χ4v) is 4.58. The summed E-state index contributed by atoms with van der Waals surface area (Å²) in [4.78, 5) is 21.1. The molecule has 0 bridgehead atoms. The van der Waals surface area contributed by atoms with Gasteiger partial charge in [-0.3, -0.25) is 4.68 Å². The van der Waals surface area contributed by atoms with Crippen molar-refractivity contribution in [2.75, 3.05) is 18.4 Å². The number of rotatable bonds is 6. The Labute approximate surface area is 205 Å². The van der Waals surface area contributed by atoms with Crippen LogP contribution in [0.5, 0.6) is 0 Å². The van der Waals surface area contributed by atoms with Crippen LogP contribution in [0.4, 0.5) is 19.5 Å². The standard InChI is InChI=1S/C24H23F2N9O/c1-14-21(20-3-2-8-34(20)33-14)22-18(26)13-30-23(32-22)28-6-7-29-24(36)35-19(4-5-31-35)16-9-15(12-27)10-17(25)11-16/h5,9-11,13,19H,2-4,6-8H2,1H3,(H,29,36)(H,28,30,32)/t19-/m0/s1. The Bertz CT molecular complexity index is 1390. The number of hydrazone groups is 1. The van der Waals surface area contributed by atoms with Gasteiger partial charge in [0.05, 0.1) is 29.6 Å². The highest BCUT2D eigenvalue weighted by molar-refractivity contribution is 5.78. The number of anilines is 1. The van der Waals surface area contributed by atoms with E-state index < -0.39 is 23.7 Å². The highest BCUT2D eigenvalue weighted by Crippen LogP contribution is 2.32. The average molecular weight is 492 g/mol. The van der Waals surface area contributed by atoms with E-state index in [4.69, 9.17) is 5.26 Å². The van der Waals surface area contributed by atoms with E-state index in [9.17, 15) is 13.6 Å². The number of benzene rings is 1. The highest BCUT2D eigenvalue weighted by Gasteiger charge is 2.29. The normalized spacial score (nSPS) is 16.2. The topological polar surface area (TPSA) is 124 Å². The summed E-state index contributed by atoms with van der Waals surface area (Å²) in [6.07, 6.45) is 4.89. The minimum atomic E-state index is -0.546. The first-order chi connectivity index (χ1) is 17.4. The monoisotopic (exact) mass is 491 g/mol. The molecule has 12 heteroatoms. The molecule has 1 aromatic carbocycles. The Morgan fingerprint density at radius 1 is 1.28 bits per heavy atom. The van der Waals surface area contributed by atoms with Crippen molar-refractivity contribution in [2.45, 2.75) is 38.8 Å². The number of urea groups is 1. The Balaban J connectivity index is 1.20. The number of hydrogen-bond donors (Lipinski definition) is 2. The van der Waals surface area contributed by atoms with E-state index >= 15 is 0 Å². The van der Waals surface area contributed by atoms with Gasteiger partial charge in [-0.2, -0.15) is 15.5 Å². The predicted molar refractivity (Wildman–Crippen MR) is 127 cm³/mol. The summed E-state index contributed by atoms with van der Waals surface area (Å²) < 4.78 is 30.4. The average Bonchev–Trinajstić information content (AvgIpc) is 3.59. The van der Waals surface area contributed by atoms with Crippen molar-refractivity contribution in [2.24, 2.45) is 5.10 Å². The number of aromatic nitrogens is 4. The molecular formula is C24H23F2N9O. The van der Waals surface area contributed by atoms with Gasteiger partial charge in [0.25, 0.3) is 0 Å². The Morgan fingerprint density at radius 3 is 2.97 bits per heavy atom. The molecule has 0 fully saturated rings. The Hall–Kier alpha value is -4.40. The smallest absolute Gasteiger partial charge is 0.338 e. The van der Waals surface area contributed by atoms with Gasteiger partial charge in [-0.25, -0.2) is 28.6 Å². The first kappa shape index (κ1) is 23.3. The summed E-state index contributed by atoms with van der Waals surface area (Å²) in [5, 5.41) is 24.7. The molecular weight excluding hydrogens is 468 g/mol. The van der Waals surface area contributed by atoms with Crippen molar-refractivity contribution in [3.05, 3.63) is 58.5 Å². The van der Waals surface area contributed by atoms with Gasteiger partial charge in [0.1, 0.15) is 11.5 Å². The van der Waals surface area contributed by atoms with Crippen molar-refractivity contribution in [1.82, 2.24) is 30.1 Å². The lowest BCUT2D eigenvalue weighted by atomic mass is 10.0. The van der Waals surface area contributed by atoms with Gasteiger partial charge in [-0.05, 0) is 43.5 Å². The van der Waals surface area contributed by atoms with Crippen LogP contribution in [0.2, 0.25) is 0 Å². The second-order valence-electron chi connectivity index (χ2n) is 8.56. The van der Waals surface area contributed by atoms with Crippen molar-refractivity contribution < 1.29 is 13.6 Å². The van der Waals surface area contributed by atoms with Crippen molar-refractivity contribution in [1.29, 1.82) is 5.26 Å². The lowest BCUT2D eigenvalue weighted by molar-refractivity contribution is 0.186. The van der Waals surface area contributed by atoms with Gasteiger partial charge in [0, 0.05) is 43.5 Å². The van der Waals surface area contributed by atoms with E-state index in [-0.39, 0.29) is 30.3 Å². The number of nitriles is 1. The van der Waals surface area contributed by atoms with Crippen LogP contribution < -0.4 is 10.6 Å². The number of amides is 2. The summed E-state index contributed by atoms with van der Waals surface area (Å²) in [6.45, 7) is 3.14. The number of nitrogens with one attached hydrogen (secondary N) is 2. The number of aryl methyl sites for hydroxylation is 2. The van der Waals surface area contributed by atoms with Crippen LogP contribution in [0.25, 0.3) is 11.3 Å². The molecule has 0 saturated carbocycles. The summed E-state index contributed by atoms with van der Waals surface area (Å²) in [5.41, 5.74) is 3.28. The first-order valence-electron chi connectivity index (χ1n) is 11.6. The number of carbonyl (C=O) groups is 1. The number of carbonyl (C=O) groups excluding carboxylic acids is 1. The number of halogens is 2. The van der Waals surface area contributed by atoms with Gasteiger partial charge in [-0.15, -0.1) is 0 Å². The zero-order valence-corrected chi connectivity index (χ0v) is 19.5. The predicted octanol–water partition coefficient (Wildman–Crippen LogP) is 3.30. The van der Waals surface area contributed by atoms with Crippen LogP contribution in [0.3, 0.4) is 0 Å². The van der Waals surface area contributed by atoms with Gasteiger partial charge in [0.2, 0.25) is 5.95 Å². The molecule has 3 aromatic rings. The molecule has 1 atom stereocenters. The first-order valence-corrected chi connectivity index (χ1v) is 11.6. The zero-order valence-electron chi connectivity index (χ0n) is 19.5. The third kappa shape index (κ3) is 4.47. The molecule has 4 heterocycles. The molecule has 0 radical (unpaired) electrons.